The van der Waals surface area contributed by atoms with Crippen molar-refractivity contribution in [2.24, 2.45) is 10.8 Å². The van der Waals surface area contributed by atoms with Crippen molar-refractivity contribution < 1.29 is 0 Å². The summed E-state index contributed by atoms with van der Waals surface area (Å²) in [6.07, 6.45) is 12.5. The van der Waals surface area contributed by atoms with Gasteiger partial charge in [0.1, 0.15) is 0 Å². The number of hydrogen-bond acceptors (Lipinski definition) is 0. The highest BCUT2D eigenvalue weighted by atomic mass is 14.3. The molecule has 0 aromatic rings. The van der Waals surface area contributed by atoms with Crippen molar-refractivity contribution in [3.8, 4) is 0 Å². The second kappa shape index (κ2) is 8.16. The standard InChI is InChI=1S/C17H36/c1-7-11-13-17(6,12-8-2)15-14-16(5,9-3)10-4/h7-15H2,1-6H3. The number of hydrogen-bond donors (Lipinski definition) is 0. The molecule has 17 heavy (non-hydrogen) atoms. The molecular formula is C17H36. The molecule has 0 amide bonds. The van der Waals surface area contributed by atoms with Crippen LogP contribution in [0.2, 0.25) is 0 Å². The molecule has 1 unspecified atom stereocenters. The first-order valence-corrected chi connectivity index (χ1v) is 7.95. The zero-order chi connectivity index (χ0) is 13.4. The molecule has 0 aromatic carbocycles. The van der Waals surface area contributed by atoms with Crippen LogP contribution in [0.4, 0.5) is 0 Å². The molecule has 0 aromatic heterocycles. The van der Waals surface area contributed by atoms with Gasteiger partial charge in [-0.15, -0.1) is 0 Å². The van der Waals surface area contributed by atoms with E-state index in [0.29, 0.717) is 10.8 Å². The molecule has 0 saturated heterocycles. The van der Waals surface area contributed by atoms with Crippen LogP contribution in [0.25, 0.3) is 0 Å². The third-order valence-corrected chi connectivity index (χ3v) is 5.03. The molecule has 0 radical (unpaired) electrons. The summed E-state index contributed by atoms with van der Waals surface area (Å²) in [5.41, 5.74) is 1.19. The van der Waals surface area contributed by atoms with Gasteiger partial charge >= 0.3 is 0 Å². The van der Waals surface area contributed by atoms with E-state index in [-0.39, 0.29) is 0 Å². The van der Waals surface area contributed by atoms with E-state index in [4.69, 9.17) is 0 Å². The summed E-state index contributed by atoms with van der Waals surface area (Å²) >= 11 is 0. The summed E-state index contributed by atoms with van der Waals surface area (Å²) in [4.78, 5) is 0. The molecule has 0 aliphatic heterocycles. The number of unbranched alkanes of at least 4 members (excludes halogenated alkanes) is 1. The minimum atomic E-state index is 0.585. The smallest absolute Gasteiger partial charge is 0.0326 e. The minimum absolute atomic E-state index is 0.585. The molecule has 0 N–H and O–H groups in total. The second-order valence-corrected chi connectivity index (χ2v) is 6.68. The van der Waals surface area contributed by atoms with Gasteiger partial charge in [0.2, 0.25) is 0 Å². The van der Waals surface area contributed by atoms with Crippen molar-refractivity contribution in [1.29, 1.82) is 0 Å². The molecule has 104 valence electrons. The molecule has 0 nitrogen and oxygen atoms in total. The summed E-state index contributed by atoms with van der Waals surface area (Å²) in [5.74, 6) is 0. The van der Waals surface area contributed by atoms with Gasteiger partial charge in [0.25, 0.3) is 0 Å². The molecule has 0 aliphatic rings. The fraction of sp³-hybridized carbons (Fsp3) is 1.00. The summed E-state index contributed by atoms with van der Waals surface area (Å²) in [6, 6.07) is 0. The van der Waals surface area contributed by atoms with Crippen LogP contribution in [-0.4, -0.2) is 0 Å². The minimum Gasteiger partial charge on any atom is -0.0654 e. The largest absolute Gasteiger partial charge is 0.0654 e. The lowest BCUT2D eigenvalue weighted by atomic mass is 9.71. The van der Waals surface area contributed by atoms with E-state index >= 15 is 0 Å². The normalized spacial score (nSPS) is 15.9. The predicted molar refractivity (Wildman–Crippen MR) is 80.5 cm³/mol. The van der Waals surface area contributed by atoms with Crippen LogP contribution in [0.5, 0.6) is 0 Å². The quantitative estimate of drug-likeness (QED) is 0.404. The molecule has 0 saturated carbocycles. The predicted octanol–water partition coefficient (Wildman–Crippen LogP) is 6.59. The summed E-state index contributed by atoms with van der Waals surface area (Å²) in [7, 11) is 0. The topological polar surface area (TPSA) is 0 Å². The molecular weight excluding hydrogens is 204 g/mol. The monoisotopic (exact) mass is 240 g/mol. The van der Waals surface area contributed by atoms with Gasteiger partial charge < -0.3 is 0 Å². The Bertz CT molecular complexity index is 178. The van der Waals surface area contributed by atoms with E-state index in [0.717, 1.165) is 0 Å². The van der Waals surface area contributed by atoms with Crippen molar-refractivity contribution >= 4 is 0 Å². The zero-order valence-corrected chi connectivity index (χ0v) is 13.4. The van der Waals surface area contributed by atoms with E-state index in [1.807, 2.05) is 0 Å². The van der Waals surface area contributed by atoms with Gasteiger partial charge in [-0.3, -0.25) is 0 Å². The maximum absolute atomic E-state index is 2.53. The fourth-order valence-corrected chi connectivity index (χ4v) is 2.79. The lowest BCUT2D eigenvalue weighted by Crippen LogP contribution is -2.22. The van der Waals surface area contributed by atoms with Crippen molar-refractivity contribution in [1.82, 2.24) is 0 Å². The summed E-state index contributed by atoms with van der Waals surface area (Å²) < 4.78 is 0. The molecule has 1 atom stereocenters. The Kier molecular flexibility index (Phi) is 8.16. The van der Waals surface area contributed by atoms with Crippen molar-refractivity contribution in [2.75, 3.05) is 0 Å². The van der Waals surface area contributed by atoms with Crippen LogP contribution in [0.3, 0.4) is 0 Å². The molecule has 0 aliphatic carbocycles. The Balaban J connectivity index is 4.33. The Morgan fingerprint density at radius 2 is 1.12 bits per heavy atom. The summed E-state index contributed by atoms with van der Waals surface area (Å²) in [5, 5.41) is 0. The maximum Gasteiger partial charge on any atom is -0.0326 e. The SMILES string of the molecule is CCCCC(C)(CCC)CCC(C)(CC)CC. The van der Waals surface area contributed by atoms with Crippen LogP contribution < -0.4 is 0 Å². The highest BCUT2D eigenvalue weighted by molar-refractivity contribution is 4.79. The first-order chi connectivity index (χ1) is 7.95. The molecule has 0 rings (SSSR count). The van der Waals surface area contributed by atoms with Gasteiger partial charge in [-0.2, -0.15) is 0 Å². The van der Waals surface area contributed by atoms with Crippen molar-refractivity contribution in [3.05, 3.63) is 0 Å². The average molecular weight is 240 g/mol. The van der Waals surface area contributed by atoms with Crippen LogP contribution in [0.1, 0.15) is 99.3 Å². The third kappa shape index (κ3) is 6.48. The van der Waals surface area contributed by atoms with Crippen LogP contribution in [0.15, 0.2) is 0 Å². The zero-order valence-electron chi connectivity index (χ0n) is 13.4. The lowest BCUT2D eigenvalue weighted by Gasteiger charge is -2.35. The maximum atomic E-state index is 2.53. The highest BCUT2D eigenvalue weighted by Crippen LogP contribution is 2.41. The molecule has 0 spiro atoms. The van der Waals surface area contributed by atoms with Crippen LogP contribution >= 0.6 is 0 Å². The first-order valence-electron chi connectivity index (χ1n) is 7.95. The van der Waals surface area contributed by atoms with Gasteiger partial charge in [-0.05, 0) is 36.5 Å². The van der Waals surface area contributed by atoms with E-state index in [9.17, 15) is 0 Å². The highest BCUT2D eigenvalue weighted by Gasteiger charge is 2.27. The Morgan fingerprint density at radius 1 is 0.588 bits per heavy atom. The molecule has 0 heterocycles. The molecule has 0 bridgehead atoms. The summed E-state index contributed by atoms with van der Waals surface area (Å²) in [6.45, 7) is 14.4. The average Bonchev–Trinajstić information content (AvgIpc) is 2.34. The third-order valence-electron chi connectivity index (χ3n) is 5.03. The Morgan fingerprint density at radius 3 is 1.53 bits per heavy atom. The first kappa shape index (κ1) is 17.0. The molecule has 0 fully saturated rings. The van der Waals surface area contributed by atoms with Gasteiger partial charge in [0.15, 0.2) is 0 Å². The Hall–Kier alpha value is 0. The van der Waals surface area contributed by atoms with Crippen LogP contribution in [-0.2, 0) is 0 Å². The Labute approximate surface area is 111 Å². The number of rotatable bonds is 10. The van der Waals surface area contributed by atoms with E-state index in [1.165, 1.54) is 57.8 Å². The van der Waals surface area contributed by atoms with E-state index in [1.54, 1.807) is 0 Å². The van der Waals surface area contributed by atoms with Gasteiger partial charge in [-0.25, -0.2) is 0 Å². The van der Waals surface area contributed by atoms with Gasteiger partial charge in [-0.1, -0.05) is 73.6 Å². The van der Waals surface area contributed by atoms with Gasteiger partial charge in [0, 0.05) is 0 Å². The second-order valence-electron chi connectivity index (χ2n) is 6.68. The van der Waals surface area contributed by atoms with Crippen LogP contribution in [0, 0.1) is 10.8 Å². The fourth-order valence-electron chi connectivity index (χ4n) is 2.79. The van der Waals surface area contributed by atoms with Crippen molar-refractivity contribution in [2.45, 2.75) is 99.3 Å². The van der Waals surface area contributed by atoms with Crippen molar-refractivity contribution in [3.63, 3.8) is 0 Å². The lowest BCUT2D eigenvalue weighted by molar-refractivity contribution is 0.171. The molecule has 0 heteroatoms. The van der Waals surface area contributed by atoms with E-state index < -0.39 is 0 Å². The van der Waals surface area contributed by atoms with E-state index in [2.05, 4.69) is 41.5 Å². The van der Waals surface area contributed by atoms with Gasteiger partial charge in [0.05, 0.1) is 0 Å².